The Balaban J connectivity index is 2.89. The minimum atomic E-state index is 0.121. The van der Waals surface area contributed by atoms with Crippen molar-refractivity contribution in [1.82, 2.24) is 0 Å². The molecule has 0 aliphatic rings. The molecule has 22 heavy (non-hydrogen) atoms. The van der Waals surface area contributed by atoms with Gasteiger partial charge in [-0.05, 0) is 76.6 Å². The standard InChI is InChI=1S/C14H18Br4O4/c15-11-9(7-21-5-1-3-19)12(16)14(18)13(17)10(11)8-22-6-2-4-20/h19-20H,1-8H2. The zero-order chi connectivity index (χ0) is 16.5. The quantitative estimate of drug-likeness (QED) is 0.247. The molecule has 0 aliphatic heterocycles. The normalized spacial score (nSPS) is 11.2. The van der Waals surface area contributed by atoms with Crippen LogP contribution in [0.4, 0.5) is 0 Å². The van der Waals surface area contributed by atoms with Gasteiger partial charge >= 0.3 is 0 Å². The summed E-state index contributed by atoms with van der Waals surface area (Å²) in [6.45, 7) is 2.11. The third-order valence-corrected chi connectivity index (χ3v) is 7.40. The number of ether oxygens (including phenoxy) is 2. The summed E-state index contributed by atoms with van der Waals surface area (Å²) < 4.78 is 14.8. The molecular weight excluding hydrogens is 552 g/mol. The lowest BCUT2D eigenvalue weighted by molar-refractivity contribution is 0.0995. The van der Waals surface area contributed by atoms with Gasteiger partial charge in [-0.2, -0.15) is 0 Å². The highest BCUT2D eigenvalue weighted by Gasteiger charge is 2.19. The number of benzene rings is 1. The van der Waals surface area contributed by atoms with Gasteiger partial charge in [-0.1, -0.05) is 0 Å². The van der Waals surface area contributed by atoms with Crippen LogP contribution in [0, 0.1) is 0 Å². The Morgan fingerprint density at radius 1 is 0.636 bits per heavy atom. The molecule has 0 heterocycles. The molecule has 0 bridgehead atoms. The van der Waals surface area contributed by atoms with E-state index in [2.05, 4.69) is 63.7 Å². The summed E-state index contributed by atoms with van der Waals surface area (Å²) in [6, 6.07) is 0. The van der Waals surface area contributed by atoms with Crippen LogP contribution in [-0.4, -0.2) is 36.6 Å². The second-order valence-corrected chi connectivity index (χ2v) is 7.64. The van der Waals surface area contributed by atoms with Crippen LogP contribution in [-0.2, 0) is 22.7 Å². The maximum Gasteiger partial charge on any atom is 0.0739 e. The molecule has 1 rings (SSSR count). The van der Waals surface area contributed by atoms with Crippen LogP contribution in [0.1, 0.15) is 24.0 Å². The maximum atomic E-state index is 8.79. The molecule has 2 N–H and O–H groups in total. The number of aliphatic hydroxyl groups excluding tert-OH is 2. The second kappa shape index (κ2) is 11.5. The largest absolute Gasteiger partial charge is 0.396 e. The van der Waals surface area contributed by atoms with E-state index in [-0.39, 0.29) is 13.2 Å². The Morgan fingerprint density at radius 3 is 1.41 bits per heavy atom. The van der Waals surface area contributed by atoms with Crippen molar-refractivity contribution in [2.24, 2.45) is 0 Å². The van der Waals surface area contributed by atoms with Crippen molar-refractivity contribution in [2.75, 3.05) is 26.4 Å². The molecule has 0 aliphatic carbocycles. The van der Waals surface area contributed by atoms with Gasteiger partial charge in [-0.25, -0.2) is 0 Å². The van der Waals surface area contributed by atoms with Gasteiger partial charge in [0.2, 0.25) is 0 Å². The number of halogens is 4. The van der Waals surface area contributed by atoms with Gasteiger partial charge in [0, 0.05) is 55.4 Å². The minimum absolute atomic E-state index is 0.121. The molecule has 0 aromatic heterocycles. The van der Waals surface area contributed by atoms with Crippen molar-refractivity contribution in [3.05, 3.63) is 29.0 Å². The predicted molar refractivity (Wildman–Crippen MR) is 100.0 cm³/mol. The number of rotatable bonds is 10. The Morgan fingerprint density at radius 2 is 1.05 bits per heavy atom. The van der Waals surface area contributed by atoms with Crippen molar-refractivity contribution in [3.8, 4) is 0 Å². The zero-order valence-corrected chi connectivity index (χ0v) is 18.2. The molecule has 1 aromatic carbocycles. The topological polar surface area (TPSA) is 58.9 Å². The van der Waals surface area contributed by atoms with Crippen LogP contribution in [0.15, 0.2) is 17.9 Å². The van der Waals surface area contributed by atoms with E-state index in [4.69, 9.17) is 19.7 Å². The zero-order valence-electron chi connectivity index (χ0n) is 11.9. The average Bonchev–Trinajstić information content (AvgIpc) is 2.51. The monoisotopic (exact) mass is 566 g/mol. The van der Waals surface area contributed by atoms with E-state index in [0.717, 1.165) is 29.0 Å². The van der Waals surface area contributed by atoms with Crippen LogP contribution in [0.2, 0.25) is 0 Å². The molecule has 0 amide bonds. The molecular formula is C14H18Br4O4. The van der Waals surface area contributed by atoms with Crippen LogP contribution in [0.25, 0.3) is 0 Å². The number of hydrogen-bond acceptors (Lipinski definition) is 4. The second-order valence-electron chi connectivity index (χ2n) is 4.47. The van der Waals surface area contributed by atoms with Gasteiger partial charge in [0.05, 0.1) is 13.2 Å². The van der Waals surface area contributed by atoms with Crippen molar-refractivity contribution in [3.63, 3.8) is 0 Å². The van der Waals surface area contributed by atoms with Crippen molar-refractivity contribution >= 4 is 63.7 Å². The van der Waals surface area contributed by atoms with Gasteiger partial charge in [-0.3, -0.25) is 0 Å². The highest BCUT2D eigenvalue weighted by Crippen LogP contribution is 2.42. The minimum Gasteiger partial charge on any atom is -0.396 e. The number of aliphatic hydroxyl groups is 2. The smallest absolute Gasteiger partial charge is 0.0739 e. The van der Waals surface area contributed by atoms with Crippen LogP contribution >= 0.6 is 63.7 Å². The maximum absolute atomic E-state index is 8.79. The first-order valence-electron chi connectivity index (χ1n) is 6.75. The molecule has 8 heteroatoms. The van der Waals surface area contributed by atoms with Gasteiger partial charge in [0.15, 0.2) is 0 Å². The molecule has 0 radical (unpaired) electrons. The SMILES string of the molecule is OCCCOCc1c(Br)c(Br)c(Br)c(COCCCO)c1Br. The molecule has 0 atom stereocenters. The van der Waals surface area contributed by atoms with E-state index in [0.29, 0.717) is 39.3 Å². The molecule has 1 aromatic rings. The van der Waals surface area contributed by atoms with E-state index in [1.807, 2.05) is 0 Å². The Bertz CT molecular complexity index is 443. The van der Waals surface area contributed by atoms with E-state index < -0.39 is 0 Å². The van der Waals surface area contributed by atoms with E-state index >= 15 is 0 Å². The molecule has 0 fully saturated rings. The van der Waals surface area contributed by atoms with Gasteiger partial charge in [-0.15, -0.1) is 0 Å². The fraction of sp³-hybridized carbons (Fsp3) is 0.571. The Kier molecular flexibility index (Phi) is 11.0. The van der Waals surface area contributed by atoms with Crippen molar-refractivity contribution in [1.29, 1.82) is 0 Å². The summed E-state index contributed by atoms with van der Waals surface area (Å²) in [4.78, 5) is 0. The molecule has 0 saturated carbocycles. The molecule has 0 unspecified atom stereocenters. The lowest BCUT2D eigenvalue weighted by Crippen LogP contribution is -2.05. The first-order chi connectivity index (χ1) is 10.5. The average molecular weight is 570 g/mol. The third kappa shape index (κ3) is 6.12. The summed E-state index contributed by atoms with van der Waals surface area (Å²) in [7, 11) is 0. The summed E-state index contributed by atoms with van der Waals surface area (Å²) in [5.41, 5.74) is 1.96. The highest BCUT2D eigenvalue weighted by molar-refractivity contribution is 9.14. The fourth-order valence-corrected chi connectivity index (χ4v) is 4.60. The first kappa shape index (κ1) is 21.0. The van der Waals surface area contributed by atoms with Crippen molar-refractivity contribution in [2.45, 2.75) is 26.1 Å². The molecule has 4 nitrogen and oxygen atoms in total. The Hall–Kier alpha value is 0.980. The van der Waals surface area contributed by atoms with E-state index in [1.54, 1.807) is 0 Å². The highest BCUT2D eigenvalue weighted by atomic mass is 79.9. The van der Waals surface area contributed by atoms with Gasteiger partial charge in [0.25, 0.3) is 0 Å². The summed E-state index contributed by atoms with van der Waals surface area (Å²) in [5, 5.41) is 17.6. The lowest BCUT2D eigenvalue weighted by atomic mass is 10.1. The molecule has 0 saturated heterocycles. The molecule has 0 spiro atoms. The summed E-state index contributed by atoms with van der Waals surface area (Å²) in [6.07, 6.45) is 1.23. The predicted octanol–water partition coefficient (Wildman–Crippen LogP) is 4.53. The van der Waals surface area contributed by atoms with Gasteiger partial charge in [0.1, 0.15) is 0 Å². The molecule has 126 valence electrons. The fourth-order valence-electron chi connectivity index (χ4n) is 1.67. The summed E-state index contributed by atoms with van der Waals surface area (Å²) >= 11 is 14.3. The van der Waals surface area contributed by atoms with Crippen molar-refractivity contribution < 1.29 is 19.7 Å². The first-order valence-corrected chi connectivity index (χ1v) is 9.92. The van der Waals surface area contributed by atoms with E-state index in [9.17, 15) is 0 Å². The summed E-state index contributed by atoms with van der Waals surface area (Å²) in [5.74, 6) is 0. The van der Waals surface area contributed by atoms with E-state index in [1.165, 1.54) is 0 Å². The lowest BCUT2D eigenvalue weighted by Gasteiger charge is -2.17. The van der Waals surface area contributed by atoms with Crippen LogP contribution in [0.3, 0.4) is 0 Å². The van der Waals surface area contributed by atoms with Gasteiger partial charge < -0.3 is 19.7 Å². The Labute approximate surface area is 164 Å². The van der Waals surface area contributed by atoms with Crippen LogP contribution in [0.5, 0.6) is 0 Å². The number of hydrogen-bond donors (Lipinski definition) is 2. The third-order valence-electron chi connectivity index (χ3n) is 2.83. The van der Waals surface area contributed by atoms with Crippen LogP contribution < -0.4 is 0 Å².